The molecule has 1 saturated heterocycles. The Balaban J connectivity index is 1.78. The summed E-state index contributed by atoms with van der Waals surface area (Å²) in [6.07, 6.45) is 2.83. The van der Waals surface area contributed by atoms with Crippen LogP contribution in [0.5, 0.6) is 0 Å². The summed E-state index contributed by atoms with van der Waals surface area (Å²) in [5.41, 5.74) is 0. The van der Waals surface area contributed by atoms with Crippen molar-refractivity contribution in [1.29, 1.82) is 0 Å². The van der Waals surface area contributed by atoms with E-state index in [9.17, 15) is 19.5 Å². The average molecular weight is 236 g/mol. The summed E-state index contributed by atoms with van der Waals surface area (Å²) in [6, 6.07) is 0. The summed E-state index contributed by atoms with van der Waals surface area (Å²) in [5, 5.41) is 10.4. The normalized spacial score (nSPS) is 38.9. The minimum Gasteiger partial charge on any atom is -0.550 e. The molecule has 2 bridgehead atoms. The molecule has 4 atom stereocenters. The molecule has 2 amide bonds. The number of rotatable bonds is 3. The second kappa shape index (κ2) is 3.55. The molecular formula is C12H14NO4-. The average Bonchev–Trinajstić information content (AvgIpc) is 2.92. The van der Waals surface area contributed by atoms with E-state index >= 15 is 0 Å². The lowest BCUT2D eigenvalue weighted by molar-refractivity contribution is -0.305. The molecule has 5 nitrogen and oxygen atoms in total. The molecule has 0 unspecified atom stereocenters. The zero-order valence-corrected chi connectivity index (χ0v) is 9.43. The number of fused-ring (bicyclic) bond motifs is 5. The standard InChI is InChI=1S/C12H15NO4/c14-8(15)3-4-13-11(16)9-6-1-2-7(5-6)10(9)12(13)17/h6-7,9-10H,1-5H2,(H,14,15)/p-1/t6-,7-,9-,10+/m1/s1. The van der Waals surface area contributed by atoms with E-state index in [4.69, 9.17) is 0 Å². The van der Waals surface area contributed by atoms with Crippen molar-refractivity contribution < 1.29 is 19.5 Å². The number of nitrogens with zero attached hydrogens (tertiary/aromatic N) is 1. The molecule has 2 aliphatic carbocycles. The van der Waals surface area contributed by atoms with Crippen LogP contribution >= 0.6 is 0 Å². The van der Waals surface area contributed by atoms with Gasteiger partial charge in [0.15, 0.2) is 0 Å². The monoisotopic (exact) mass is 236 g/mol. The Morgan fingerprint density at radius 2 is 1.71 bits per heavy atom. The molecule has 3 aliphatic rings. The van der Waals surface area contributed by atoms with Gasteiger partial charge in [0.25, 0.3) is 0 Å². The van der Waals surface area contributed by atoms with Crippen LogP contribution in [0.25, 0.3) is 0 Å². The fourth-order valence-corrected chi connectivity index (χ4v) is 3.89. The molecule has 0 N–H and O–H groups in total. The Hall–Kier alpha value is -1.39. The zero-order valence-electron chi connectivity index (χ0n) is 9.43. The first-order valence-electron chi connectivity index (χ1n) is 6.14. The van der Waals surface area contributed by atoms with E-state index in [-0.39, 0.29) is 36.6 Å². The molecule has 2 saturated carbocycles. The predicted molar refractivity (Wildman–Crippen MR) is 54.2 cm³/mol. The Labute approximate surface area is 98.8 Å². The highest BCUT2D eigenvalue weighted by Crippen LogP contribution is 2.56. The van der Waals surface area contributed by atoms with E-state index in [1.807, 2.05) is 0 Å². The van der Waals surface area contributed by atoms with E-state index < -0.39 is 5.97 Å². The number of hydrogen-bond donors (Lipinski definition) is 0. The van der Waals surface area contributed by atoms with Gasteiger partial charge in [-0.05, 0) is 31.1 Å². The van der Waals surface area contributed by atoms with Gasteiger partial charge >= 0.3 is 0 Å². The second-order valence-corrected chi connectivity index (χ2v) is 5.33. The molecule has 5 heteroatoms. The van der Waals surface area contributed by atoms with Gasteiger partial charge in [-0.2, -0.15) is 0 Å². The summed E-state index contributed by atoms with van der Waals surface area (Å²) in [4.78, 5) is 35.7. The Bertz CT molecular complexity index is 377. The van der Waals surface area contributed by atoms with Crippen LogP contribution in [0.4, 0.5) is 0 Å². The smallest absolute Gasteiger partial charge is 0.233 e. The van der Waals surface area contributed by atoms with Crippen LogP contribution in [-0.4, -0.2) is 29.2 Å². The van der Waals surface area contributed by atoms with E-state index in [1.165, 1.54) is 0 Å². The molecule has 0 spiro atoms. The van der Waals surface area contributed by atoms with E-state index in [2.05, 4.69) is 0 Å². The highest BCUT2D eigenvalue weighted by molar-refractivity contribution is 6.06. The Morgan fingerprint density at radius 1 is 1.18 bits per heavy atom. The maximum Gasteiger partial charge on any atom is 0.233 e. The lowest BCUT2D eigenvalue weighted by atomic mass is 9.81. The van der Waals surface area contributed by atoms with Gasteiger partial charge in [0.2, 0.25) is 11.8 Å². The molecule has 17 heavy (non-hydrogen) atoms. The molecule has 1 aliphatic heterocycles. The van der Waals surface area contributed by atoms with Crippen LogP contribution in [0.1, 0.15) is 25.7 Å². The topological polar surface area (TPSA) is 77.5 Å². The first kappa shape index (κ1) is 10.7. The second-order valence-electron chi connectivity index (χ2n) is 5.33. The van der Waals surface area contributed by atoms with Crippen LogP contribution in [0.15, 0.2) is 0 Å². The molecule has 0 radical (unpaired) electrons. The van der Waals surface area contributed by atoms with Crippen molar-refractivity contribution in [3.8, 4) is 0 Å². The van der Waals surface area contributed by atoms with E-state index in [1.54, 1.807) is 0 Å². The number of carboxylic acids is 1. The highest BCUT2D eigenvalue weighted by Gasteiger charge is 2.60. The van der Waals surface area contributed by atoms with Gasteiger partial charge in [-0.3, -0.25) is 14.5 Å². The number of aliphatic carboxylic acids is 1. The summed E-state index contributed by atoms with van der Waals surface area (Å²) in [6.45, 7) is -0.0214. The van der Waals surface area contributed by atoms with Gasteiger partial charge < -0.3 is 9.90 Å². The van der Waals surface area contributed by atoms with Crippen molar-refractivity contribution in [2.75, 3.05) is 6.54 Å². The number of carbonyl (C=O) groups excluding carboxylic acids is 3. The Kier molecular flexibility index (Phi) is 2.24. The summed E-state index contributed by atoms with van der Waals surface area (Å²) >= 11 is 0. The number of carbonyl (C=O) groups is 3. The van der Waals surface area contributed by atoms with Crippen molar-refractivity contribution in [3.63, 3.8) is 0 Å². The van der Waals surface area contributed by atoms with Crippen molar-refractivity contribution in [2.45, 2.75) is 25.7 Å². The van der Waals surface area contributed by atoms with Gasteiger partial charge in [0, 0.05) is 18.9 Å². The molecule has 3 fully saturated rings. The maximum atomic E-state index is 12.1. The third-order valence-corrected chi connectivity index (χ3v) is 4.56. The van der Waals surface area contributed by atoms with Gasteiger partial charge in [-0.1, -0.05) is 0 Å². The molecular weight excluding hydrogens is 222 g/mol. The Morgan fingerprint density at radius 3 is 2.18 bits per heavy atom. The van der Waals surface area contributed by atoms with Crippen LogP contribution in [0.3, 0.4) is 0 Å². The number of likely N-dealkylation sites (tertiary alicyclic amines) is 1. The lowest BCUT2D eigenvalue weighted by Crippen LogP contribution is -2.36. The summed E-state index contributed by atoms with van der Waals surface area (Å²) in [5.74, 6) is -1.10. The highest BCUT2D eigenvalue weighted by atomic mass is 16.4. The molecule has 0 aromatic carbocycles. The first-order chi connectivity index (χ1) is 8.09. The lowest BCUT2D eigenvalue weighted by Gasteiger charge is -2.19. The molecule has 3 rings (SSSR count). The van der Waals surface area contributed by atoms with E-state index in [0.717, 1.165) is 24.2 Å². The molecule has 0 aromatic heterocycles. The molecule has 0 aromatic rings. The molecule has 1 heterocycles. The van der Waals surface area contributed by atoms with Gasteiger partial charge in [-0.15, -0.1) is 0 Å². The first-order valence-corrected chi connectivity index (χ1v) is 6.14. The fraction of sp³-hybridized carbons (Fsp3) is 0.750. The van der Waals surface area contributed by atoms with Crippen LogP contribution in [0, 0.1) is 23.7 Å². The largest absolute Gasteiger partial charge is 0.550 e. The van der Waals surface area contributed by atoms with Crippen LogP contribution in [0.2, 0.25) is 0 Å². The SMILES string of the molecule is O=C([O-])CCN1C(=O)[C@@H]2[C@@H]3CC[C@H](C3)[C@@H]2C1=O. The van der Waals surface area contributed by atoms with Crippen molar-refractivity contribution in [1.82, 2.24) is 4.90 Å². The summed E-state index contributed by atoms with van der Waals surface area (Å²) < 4.78 is 0. The third-order valence-electron chi connectivity index (χ3n) is 4.56. The van der Waals surface area contributed by atoms with E-state index in [0.29, 0.717) is 11.8 Å². The number of carboxylic acid groups (broad SMARTS) is 1. The zero-order chi connectivity index (χ0) is 12.2. The number of hydrogen-bond acceptors (Lipinski definition) is 4. The summed E-state index contributed by atoms with van der Waals surface area (Å²) in [7, 11) is 0. The minimum absolute atomic E-state index is 0.0214. The van der Waals surface area contributed by atoms with Crippen molar-refractivity contribution >= 4 is 17.8 Å². The van der Waals surface area contributed by atoms with Crippen LogP contribution in [-0.2, 0) is 14.4 Å². The maximum absolute atomic E-state index is 12.1. The predicted octanol–water partition coefficient (Wildman–Crippen LogP) is -0.842. The fourth-order valence-electron chi connectivity index (χ4n) is 3.89. The van der Waals surface area contributed by atoms with Crippen LogP contribution < -0.4 is 5.11 Å². The van der Waals surface area contributed by atoms with Gasteiger partial charge in [0.1, 0.15) is 0 Å². The van der Waals surface area contributed by atoms with Crippen molar-refractivity contribution in [2.24, 2.45) is 23.7 Å². The number of imide groups is 1. The molecule has 92 valence electrons. The van der Waals surface area contributed by atoms with Crippen molar-refractivity contribution in [3.05, 3.63) is 0 Å². The van der Waals surface area contributed by atoms with Gasteiger partial charge in [-0.25, -0.2) is 0 Å². The quantitative estimate of drug-likeness (QED) is 0.598. The number of amides is 2. The minimum atomic E-state index is -1.22. The van der Waals surface area contributed by atoms with Gasteiger partial charge in [0.05, 0.1) is 11.8 Å². The third kappa shape index (κ3) is 1.41.